The van der Waals surface area contributed by atoms with Crippen LogP contribution in [-0.4, -0.2) is 23.9 Å². The molecule has 3 aromatic carbocycles. The number of carbonyl (C=O) groups is 2. The predicted octanol–water partition coefficient (Wildman–Crippen LogP) is 5.52. The topological polar surface area (TPSA) is 66.8 Å². The van der Waals surface area contributed by atoms with Crippen LogP contribution in [0.15, 0.2) is 60.2 Å². The lowest BCUT2D eigenvalue weighted by molar-refractivity contribution is -0.132. The summed E-state index contributed by atoms with van der Waals surface area (Å²) in [5, 5.41) is 11.4. The van der Waals surface area contributed by atoms with Crippen LogP contribution < -0.4 is 9.64 Å². The second kappa shape index (κ2) is 8.74. The van der Waals surface area contributed by atoms with Gasteiger partial charge in [0.15, 0.2) is 0 Å². The second-order valence-corrected chi connectivity index (χ2v) is 8.34. The zero-order chi connectivity index (χ0) is 24.7. The number of nitrogens with zero attached hydrogens (tertiary/aromatic N) is 1. The van der Waals surface area contributed by atoms with Gasteiger partial charge in [-0.1, -0.05) is 35.9 Å². The van der Waals surface area contributed by atoms with Gasteiger partial charge in [-0.3, -0.25) is 14.5 Å². The van der Waals surface area contributed by atoms with E-state index in [2.05, 4.69) is 0 Å². The van der Waals surface area contributed by atoms with Gasteiger partial charge in [0.25, 0.3) is 11.7 Å². The summed E-state index contributed by atoms with van der Waals surface area (Å²) in [5.74, 6) is -3.90. The summed E-state index contributed by atoms with van der Waals surface area (Å²) in [6.45, 7) is 5.46. The number of amides is 1. The molecule has 1 heterocycles. The van der Waals surface area contributed by atoms with E-state index in [0.29, 0.717) is 17.4 Å². The number of Topliss-reactive ketones (excluding diaryl/α,β-unsaturated/α-hetero) is 1. The summed E-state index contributed by atoms with van der Waals surface area (Å²) in [6.07, 6.45) is 0. The maximum absolute atomic E-state index is 14.8. The molecule has 0 radical (unpaired) electrons. The van der Waals surface area contributed by atoms with Gasteiger partial charge in [0.1, 0.15) is 23.1 Å². The molecular formula is C27H23F2NO4. The highest BCUT2D eigenvalue weighted by molar-refractivity contribution is 6.51. The highest BCUT2D eigenvalue weighted by atomic mass is 19.1. The van der Waals surface area contributed by atoms with Crippen molar-refractivity contribution >= 4 is 23.1 Å². The molecule has 0 spiro atoms. The lowest BCUT2D eigenvalue weighted by atomic mass is 9.93. The Kier molecular flexibility index (Phi) is 5.96. The molecule has 1 atom stereocenters. The van der Waals surface area contributed by atoms with E-state index < -0.39 is 35.1 Å². The number of ketones is 1. The minimum Gasteiger partial charge on any atom is -0.507 e. The van der Waals surface area contributed by atoms with E-state index in [-0.39, 0.29) is 16.8 Å². The average Bonchev–Trinajstić information content (AvgIpc) is 3.03. The third-order valence-electron chi connectivity index (χ3n) is 5.85. The summed E-state index contributed by atoms with van der Waals surface area (Å²) in [6, 6.07) is 12.2. The number of aliphatic hydroxyl groups excluding tert-OH is 1. The maximum atomic E-state index is 14.8. The predicted molar refractivity (Wildman–Crippen MR) is 125 cm³/mol. The molecule has 0 aromatic heterocycles. The first-order valence-electron chi connectivity index (χ1n) is 10.6. The van der Waals surface area contributed by atoms with Gasteiger partial charge >= 0.3 is 0 Å². The molecule has 0 aliphatic carbocycles. The van der Waals surface area contributed by atoms with E-state index in [0.717, 1.165) is 33.7 Å². The Morgan fingerprint density at radius 3 is 2.35 bits per heavy atom. The molecule has 1 N–H and O–H groups in total. The van der Waals surface area contributed by atoms with Gasteiger partial charge in [0, 0.05) is 6.07 Å². The molecule has 174 valence electrons. The zero-order valence-corrected chi connectivity index (χ0v) is 19.1. The van der Waals surface area contributed by atoms with E-state index in [1.165, 1.54) is 7.11 Å². The number of carbonyl (C=O) groups excluding carboxylic acids is 2. The molecule has 1 aliphatic rings. The fourth-order valence-electron chi connectivity index (χ4n) is 4.46. The van der Waals surface area contributed by atoms with Crippen LogP contribution in [0.5, 0.6) is 5.75 Å². The first-order valence-corrected chi connectivity index (χ1v) is 10.6. The van der Waals surface area contributed by atoms with Gasteiger partial charge in [-0.2, -0.15) is 0 Å². The van der Waals surface area contributed by atoms with Crippen molar-refractivity contribution in [3.63, 3.8) is 0 Å². The molecule has 4 rings (SSSR count). The van der Waals surface area contributed by atoms with E-state index in [4.69, 9.17) is 4.74 Å². The van der Waals surface area contributed by atoms with Crippen molar-refractivity contribution in [1.29, 1.82) is 0 Å². The van der Waals surface area contributed by atoms with Crippen LogP contribution in [0.25, 0.3) is 5.76 Å². The second-order valence-electron chi connectivity index (χ2n) is 8.34. The molecule has 1 aliphatic heterocycles. The first kappa shape index (κ1) is 23.2. The Balaban J connectivity index is 2.04. The van der Waals surface area contributed by atoms with E-state index in [9.17, 15) is 23.5 Å². The van der Waals surface area contributed by atoms with Gasteiger partial charge in [-0.15, -0.1) is 0 Å². The summed E-state index contributed by atoms with van der Waals surface area (Å²) in [5.41, 5.74) is 2.65. The largest absolute Gasteiger partial charge is 0.507 e. The lowest BCUT2D eigenvalue weighted by Gasteiger charge is -2.26. The maximum Gasteiger partial charge on any atom is 0.300 e. The summed E-state index contributed by atoms with van der Waals surface area (Å²) in [4.78, 5) is 27.4. The number of anilines is 1. The van der Waals surface area contributed by atoms with Crippen molar-refractivity contribution in [2.45, 2.75) is 26.8 Å². The number of rotatable bonds is 4. The lowest BCUT2D eigenvalue weighted by Crippen LogP contribution is -2.30. The van der Waals surface area contributed by atoms with E-state index in [1.54, 1.807) is 31.2 Å². The third-order valence-corrected chi connectivity index (χ3v) is 5.85. The molecule has 0 bridgehead atoms. The van der Waals surface area contributed by atoms with Crippen molar-refractivity contribution in [2.24, 2.45) is 0 Å². The van der Waals surface area contributed by atoms with Gasteiger partial charge in [-0.05, 0) is 55.7 Å². The fraction of sp³-hybridized carbons (Fsp3) is 0.185. The zero-order valence-electron chi connectivity index (χ0n) is 19.1. The van der Waals surface area contributed by atoms with Gasteiger partial charge < -0.3 is 9.84 Å². The van der Waals surface area contributed by atoms with Crippen LogP contribution in [0.2, 0.25) is 0 Å². The number of hydrogen-bond acceptors (Lipinski definition) is 4. The highest BCUT2D eigenvalue weighted by Crippen LogP contribution is 2.44. The Morgan fingerprint density at radius 2 is 1.71 bits per heavy atom. The molecule has 5 nitrogen and oxygen atoms in total. The van der Waals surface area contributed by atoms with Crippen LogP contribution in [0.4, 0.5) is 14.5 Å². The number of hydrogen-bond donors (Lipinski definition) is 1. The molecule has 1 fully saturated rings. The number of ether oxygens (including phenoxy) is 1. The summed E-state index contributed by atoms with van der Waals surface area (Å²) >= 11 is 0. The quantitative estimate of drug-likeness (QED) is 0.314. The number of methoxy groups -OCH3 is 1. The SMILES string of the molecule is COc1c(C)cc(C)cc1/C(O)=C1\C(=O)C(=O)N(c2ccc(F)cc2F)C1c1cccc(C)c1. The van der Waals surface area contributed by atoms with E-state index >= 15 is 0 Å². The average molecular weight is 463 g/mol. The Morgan fingerprint density at radius 1 is 0.971 bits per heavy atom. The Labute approximate surface area is 195 Å². The number of benzene rings is 3. The van der Waals surface area contributed by atoms with Crippen LogP contribution in [0.1, 0.15) is 33.9 Å². The van der Waals surface area contributed by atoms with Gasteiger partial charge in [-0.25, -0.2) is 8.78 Å². The minimum atomic E-state index is -1.13. The minimum absolute atomic E-state index is 0.206. The molecule has 7 heteroatoms. The first-order chi connectivity index (χ1) is 16.1. The normalized spacial score (nSPS) is 17.4. The monoisotopic (exact) mass is 463 g/mol. The standard InChI is InChI=1S/C27H23F2NO4/c1-14-6-5-7-17(11-14)23-22(24(31)19-12-15(2)10-16(3)26(19)34-4)25(32)27(33)30(23)21-9-8-18(28)13-20(21)29/h5-13,23,31H,1-4H3/b24-22+. The molecule has 0 saturated carbocycles. The van der Waals surface area contributed by atoms with Crippen LogP contribution in [-0.2, 0) is 9.59 Å². The van der Waals surface area contributed by atoms with Crippen LogP contribution in [0, 0.1) is 32.4 Å². The van der Waals surface area contributed by atoms with Crippen LogP contribution >= 0.6 is 0 Å². The molecule has 1 saturated heterocycles. The fourth-order valence-corrected chi connectivity index (χ4v) is 4.46. The van der Waals surface area contributed by atoms with Gasteiger partial charge in [0.2, 0.25) is 0 Å². The van der Waals surface area contributed by atoms with Gasteiger partial charge in [0.05, 0.1) is 30.0 Å². The molecular weight excluding hydrogens is 440 g/mol. The Bertz CT molecular complexity index is 1360. The molecule has 34 heavy (non-hydrogen) atoms. The summed E-state index contributed by atoms with van der Waals surface area (Å²) < 4.78 is 33.9. The number of aryl methyl sites for hydroxylation is 3. The van der Waals surface area contributed by atoms with Crippen molar-refractivity contribution in [1.82, 2.24) is 0 Å². The van der Waals surface area contributed by atoms with Crippen molar-refractivity contribution in [2.75, 3.05) is 12.0 Å². The Hall–Kier alpha value is -4.00. The number of halogens is 2. The number of aliphatic hydroxyl groups is 1. The van der Waals surface area contributed by atoms with Crippen molar-refractivity contribution < 1.29 is 28.2 Å². The molecule has 3 aromatic rings. The molecule has 1 unspecified atom stereocenters. The van der Waals surface area contributed by atoms with Crippen molar-refractivity contribution in [3.05, 3.63) is 99.6 Å². The van der Waals surface area contributed by atoms with E-state index in [1.807, 2.05) is 26.0 Å². The van der Waals surface area contributed by atoms with Crippen LogP contribution in [0.3, 0.4) is 0 Å². The molecule has 1 amide bonds. The third kappa shape index (κ3) is 3.83. The smallest absolute Gasteiger partial charge is 0.300 e. The summed E-state index contributed by atoms with van der Waals surface area (Å²) in [7, 11) is 1.44. The highest BCUT2D eigenvalue weighted by Gasteiger charge is 2.48. The van der Waals surface area contributed by atoms with Crippen molar-refractivity contribution in [3.8, 4) is 5.75 Å².